The van der Waals surface area contributed by atoms with Crippen molar-refractivity contribution >= 4 is 34.0 Å². The predicted octanol–water partition coefficient (Wildman–Crippen LogP) is 3.94. The zero-order chi connectivity index (χ0) is 19.8. The van der Waals surface area contributed by atoms with E-state index in [1.165, 1.54) is 0 Å². The first-order valence-corrected chi connectivity index (χ1v) is 9.15. The Morgan fingerprint density at radius 3 is 2.86 bits per heavy atom. The van der Waals surface area contributed by atoms with Gasteiger partial charge in [0.25, 0.3) is 0 Å². The Labute approximate surface area is 166 Å². The van der Waals surface area contributed by atoms with Crippen LogP contribution >= 0.6 is 0 Å². The van der Waals surface area contributed by atoms with E-state index in [0.717, 1.165) is 39.2 Å². The second-order valence-corrected chi connectivity index (χ2v) is 6.74. The number of fused-ring (bicyclic) bond motifs is 2. The molecule has 0 saturated carbocycles. The normalized spacial score (nSPS) is 12.5. The molecule has 0 radical (unpaired) electrons. The summed E-state index contributed by atoms with van der Waals surface area (Å²) < 4.78 is 5.38. The number of methoxy groups -OCH3 is 1. The van der Waals surface area contributed by atoms with Gasteiger partial charge in [-0.2, -0.15) is 0 Å². The maximum absolute atomic E-state index is 11.6. The predicted molar refractivity (Wildman–Crippen MR) is 111 cm³/mol. The lowest BCUT2D eigenvalue weighted by molar-refractivity contribution is -0.115. The molecule has 4 aromatic rings. The van der Waals surface area contributed by atoms with Gasteiger partial charge in [-0.15, -0.1) is 0 Å². The first-order valence-electron chi connectivity index (χ1n) is 9.15. The summed E-state index contributed by atoms with van der Waals surface area (Å²) in [4.78, 5) is 25.3. The van der Waals surface area contributed by atoms with Crippen molar-refractivity contribution in [2.45, 2.75) is 6.42 Å². The second-order valence-electron chi connectivity index (χ2n) is 6.74. The van der Waals surface area contributed by atoms with Crippen LogP contribution in [0.25, 0.3) is 22.3 Å². The maximum Gasteiger partial charge on any atom is 0.228 e. The van der Waals surface area contributed by atoms with Gasteiger partial charge in [-0.1, -0.05) is 0 Å². The van der Waals surface area contributed by atoms with Gasteiger partial charge in [0.2, 0.25) is 5.91 Å². The third-order valence-corrected chi connectivity index (χ3v) is 4.82. The van der Waals surface area contributed by atoms with Crippen molar-refractivity contribution in [3.05, 3.63) is 66.5 Å². The lowest BCUT2D eigenvalue weighted by Crippen LogP contribution is -2.03. The summed E-state index contributed by atoms with van der Waals surface area (Å²) in [5.74, 6) is 1.97. The lowest BCUT2D eigenvalue weighted by Gasteiger charge is -2.13. The van der Waals surface area contributed by atoms with Gasteiger partial charge in [0.15, 0.2) is 5.82 Å². The zero-order valence-electron chi connectivity index (χ0n) is 15.6. The Morgan fingerprint density at radius 2 is 2.03 bits per heavy atom. The van der Waals surface area contributed by atoms with Crippen LogP contribution in [-0.4, -0.2) is 28.0 Å². The van der Waals surface area contributed by atoms with E-state index >= 15 is 0 Å². The first-order chi connectivity index (χ1) is 14.2. The highest BCUT2D eigenvalue weighted by Gasteiger charge is 2.18. The van der Waals surface area contributed by atoms with Crippen molar-refractivity contribution in [1.82, 2.24) is 15.0 Å². The molecular formula is C22H17N5O2. The van der Waals surface area contributed by atoms with E-state index in [0.29, 0.717) is 18.1 Å². The van der Waals surface area contributed by atoms with Crippen molar-refractivity contribution in [2.24, 2.45) is 0 Å². The van der Waals surface area contributed by atoms with Crippen LogP contribution in [0.2, 0.25) is 0 Å². The summed E-state index contributed by atoms with van der Waals surface area (Å²) in [6.07, 6.45) is 3.83. The minimum Gasteiger partial charge on any atom is -0.497 e. The van der Waals surface area contributed by atoms with Gasteiger partial charge >= 0.3 is 0 Å². The Balaban J connectivity index is 1.62. The van der Waals surface area contributed by atoms with Crippen LogP contribution in [0.15, 0.2) is 60.9 Å². The number of anilines is 3. The van der Waals surface area contributed by atoms with Gasteiger partial charge in [0.1, 0.15) is 11.6 Å². The monoisotopic (exact) mass is 383 g/mol. The Kier molecular flexibility index (Phi) is 4.05. The summed E-state index contributed by atoms with van der Waals surface area (Å²) in [7, 11) is 1.63. The Bertz CT molecular complexity index is 1240. The number of carbonyl (C=O) groups excluding carboxylic acids is 1. The minimum atomic E-state index is 0.00763. The van der Waals surface area contributed by atoms with Gasteiger partial charge in [-0.3, -0.25) is 9.78 Å². The highest BCUT2D eigenvalue weighted by Crippen LogP contribution is 2.32. The smallest absolute Gasteiger partial charge is 0.228 e. The molecule has 0 spiro atoms. The van der Waals surface area contributed by atoms with Gasteiger partial charge < -0.3 is 15.4 Å². The van der Waals surface area contributed by atoms with Crippen LogP contribution in [-0.2, 0) is 11.2 Å². The van der Waals surface area contributed by atoms with Gasteiger partial charge in [-0.25, -0.2) is 9.97 Å². The Hall–Kier alpha value is -4.00. The molecule has 0 aliphatic carbocycles. The molecule has 2 N–H and O–H groups in total. The molecular weight excluding hydrogens is 366 g/mol. The van der Waals surface area contributed by atoms with Crippen LogP contribution in [0.4, 0.5) is 17.2 Å². The number of benzene rings is 2. The molecule has 3 heterocycles. The molecule has 0 bridgehead atoms. The molecule has 2 aromatic carbocycles. The van der Waals surface area contributed by atoms with Crippen molar-refractivity contribution in [1.29, 1.82) is 0 Å². The van der Waals surface area contributed by atoms with E-state index in [4.69, 9.17) is 9.72 Å². The number of hydrogen-bond acceptors (Lipinski definition) is 6. The summed E-state index contributed by atoms with van der Waals surface area (Å²) in [6, 6.07) is 15.2. The molecule has 1 aliphatic rings. The van der Waals surface area contributed by atoms with E-state index in [2.05, 4.69) is 20.6 Å². The third kappa shape index (κ3) is 3.23. The first kappa shape index (κ1) is 17.1. The lowest BCUT2D eigenvalue weighted by atomic mass is 10.1. The highest BCUT2D eigenvalue weighted by atomic mass is 16.5. The molecule has 0 fully saturated rings. The fourth-order valence-electron chi connectivity index (χ4n) is 3.40. The van der Waals surface area contributed by atoms with E-state index in [1.54, 1.807) is 19.5 Å². The number of nitrogens with one attached hydrogen (secondary N) is 2. The summed E-state index contributed by atoms with van der Waals surface area (Å²) in [5, 5.41) is 7.07. The fraction of sp³-hybridized carbons (Fsp3) is 0.0909. The number of amides is 1. The minimum absolute atomic E-state index is 0.00763. The van der Waals surface area contributed by atoms with E-state index in [1.807, 2.05) is 48.5 Å². The van der Waals surface area contributed by atoms with Crippen LogP contribution < -0.4 is 15.4 Å². The molecule has 7 heteroatoms. The van der Waals surface area contributed by atoms with Crippen molar-refractivity contribution in [3.8, 4) is 17.1 Å². The molecule has 0 saturated heterocycles. The van der Waals surface area contributed by atoms with E-state index in [-0.39, 0.29) is 5.91 Å². The largest absolute Gasteiger partial charge is 0.497 e. The van der Waals surface area contributed by atoms with Gasteiger partial charge in [-0.05, 0) is 54.1 Å². The molecule has 5 rings (SSSR count). The fourth-order valence-corrected chi connectivity index (χ4v) is 3.40. The van der Waals surface area contributed by atoms with E-state index < -0.39 is 0 Å². The average molecular weight is 383 g/mol. The molecule has 7 nitrogen and oxygen atoms in total. The zero-order valence-corrected chi connectivity index (χ0v) is 15.6. The molecule has 1 aliphatic heterocycles. The number of ether oxygens (including phenoxy) is 1. The van der Waals surface area contributed by atoms with Crippen LogP contribution in [0.3, 0.4) is 0 Å². The number of carbonyl (C=O) groups is 1. The van der Waals surface area contributed by atoms with Gasteiger partial charge in [0, 0.05) is 34.7 Å². The quantitative estimate of drug-likeness (QED) is 0.555. The number of rotatable bonds is 4. The second kappa shape index (κ2) is 6.87. The molecule has 2 aromatic heterocycles. The van der Waals surface area contributed by atoms with E-state index in [9.17, 15) is 4.79 Å². The molecule has 29 heavy (non-hydrogen) atoms. The standard InChI is InChI=1S/C22H17N5O2/c1-29-16-5-7-19-17(11-16)22(27-21(26-19)13-3-2-8-23-12-13)24-15-4-6-18-14(9-15)10-20(28)25-18/h2-9,11-12H,10H2,1H3,(H,25,28)(H,24,26,27). The average Bonchev–Trinajstić information content (AvgIpc) is 3.13. The highest BCUT2D eigenvalue weighted by molar-refractivity contribution is 6.00. The maximum atomic E-state index is 11.6. The summed E-state index contributed by atoms with van der Waals surface area (Å²) in [6.45, 7) is 0. The molecule has 0 atom stereocenters. The van der Waals surface area contributed by atoms with Crippen LogP contribution in [0.1, 0.15) is 5.56 Å². The number of nitrogens with zero attached hydrogens (tertiary/aromatic N) is 3. The topological polar surface area (TPSA) is 89.0 Å². The molecule has 0 unspecified atom stereocenters. The summed E-state index contributed by atoms with van der Waals surface area (Å²) >= 11 is 0. The number of hydrogen-bond donors (Lipinski definition) is 2. The van der Waals surface area contributed by atoms with Crippen molar-refractivity contribution in [2.75, 3.05) is 17.7 Å². The van der Waals surface area contributed by atoms with Crippen LogP contribution in [0, 0.1) is 0 Å². The van der Waals surface area contributed by atoms with Crippen LogP contribution in [0.5, 0.6) is 5.75 Å². The Morgan fingerprint density at radius 1 is 1.10 bits per heavy atom. The molecule has 1 amide bonds. The number of aromatic nitrogens is 3. The SMILES string of the molecule is COc1ccc2nc(-c3cccnc3)nc(Nc3ccc4c(c3)CC(=O)N4)c2c1. The summed E-state index contributed by atoms with van der Waals surface area (Å²) in [5.41, 5.74) is 4.28. The van der Waals surface area contributed by atoms with Crippen molar-refractivity contribution in [3.63, 3.8) is 0 Å². The van der Waals surface area contributed by atoms with Crippen molar-refractivity contribution < 1.29 is 9.53 Å². The van der Waals surface area contributed by atoms with Gasteiger partial charge in [0.05, 0.1) is 19.0 Å². The molecule has 142 valence electrons. The number of pyridine rings is 1. The third-order valence-electron chi connectivity index (χ3n) is 4.82.